The third-order valence-corrected chi connectivity index (χ3v) is 2.05. The minimum Gasteiger partial charge on any atom is -0.472 e. The van der Waals surface area contributed by atoms with Crippen LogP contribution in [0.1, 0.15) is 24.9 Å². The summed E-state index contributed by atoms with van der Waals surface area (Å²) in [5, 5.41) is 3.22. The fourth-order valence-electron chi connectivity index (χ4n) is 1.30. The first kappa shape index (κ1) is 10.3. The number of rotatable bonds is 6. The van der Waals surface area contributed by atoms with Gasteiger partial charge in [0.25, 0.3) is 0 Å². The summed E-state index contributed by atoms with van der Waals surface area (Å²) in [7, 11) is 1.95. The van der Waals surface area contributed by atoms with Crippen molar-refractivity contribution in [1.29, 1.82) is 0 Å². The third kappa shape index (κ3) is 3.20. The topological polar surface area (TPSA) is 34.4 Å². The predicted octanol–water partition coefficient (Wildman–Crippen LogP) is 1.97. The molecule has 0 amide bonds. The molecule has 0 aromatic carbocycles. The molecule has 0 saturated heterocycles. The van der Waals surface area contributed by atoms with Crippen molar-refractivity contribution in [1.82, 2.24) is 5.32 Å². The van der Waals surface area contributed by atoms with Crippen LogP contribution in [-0.4, -0.2) is 20.3 Å². The summed E-state index contributed by atoms with van der Waals surface area (Å²) in [6, 6.07) is 2.32. The number of hydrogen-bond acceptors (Lipinski definition) is 3. The Morgan fingerprint density at radius 3 is 3.00 bits per heavy atom. The summed E-state index contributed by atoms with van der Waals surface area (Å²) < 4.78 is 10.3. The van der Waals surface area contributed by atoms with Crippen LogP contribution in [0.4, 0.5) is 0 Å². The predicted molar refractivity (Wildman–Crippen MR) is 51.6 cm³/mol. The number of furan rings is 1. The Morgan fingerprint density at radius 2 is 2.46 bits per heavy atom. The van der Waals surface area contributed by atoms with Crippen LogP contribution in [0.2, 0.25) is 0 Å². The van der Waals surface area contributed by atoms with E-state index in [0.717, 1.165) is 19.6 Å². The van der Waals surface area contributed by atoms with Crippen molar-refractivity contribution in [2.24, 2.45) is 0 Å². The molecule has 3 heteroatoms. The summed E-state index contributed by atoms with van der Waals surface area (Å²) in [6.07, 6.45) is 4.44. The molecule has 0 bridgehead atoms. The molecule has 0 saturated carbocycles. The van der Waals surface area contributed by atoms with Crippen LogP contribution < -0.4 is 5.32 Å². The highest BCUT2D eigenvalue weighted by Crippen LogP contribution is 2.16. The lowest BCUT2D eigenvalue weighted by molar-refractivity contribution is 0.137. The number of ether oxygens (including phenoxy) is 1. The Balaban J connectivity index is 2.35. The quantitative estimate of drug-likeness (QED) is 0.685. The molecule has 1 rings (SSSR count). The lowest BCUT2D eigenvalue weighted by Crippen LogP contribution is -2.17. The number of hydrogen-bond donors (Lipinski definition) is 1. The van der Waals surface area contributed by atoms with Crippen LogP contribution in [0, 0.1) is 0 Å². The van der Waals surface area contributed by atoms with E-state index in [4.69, 9.17) is 9.15 Å². The van der Waals surface area contributed by atoms with E-state index >= 15 is 0 Å². The van der Waals surface area contributed by atoms with Gasteiger partial charge >= 0.3 is 0 Å². The summed E-state index contributed by atoms with van der Waals surface area (Å²) in [5.74, 6) is 0. The molecule has 1 N–H and O–H groups in total. The molecular formula is C10H17NO2. The molecule has 1 atom stereocenters. The summed E-state index contributed by atoms with van der Waals surface area (Å²) in [4.78, 5) is 0. The zero-order valence-electron chi connectivity index (χ0n) is 8.25. The molecule has 0 aliphatic carbocycles. The number of nitrogens with one attached hydrogen (secondary N) is 1. The maximum Gasteiger partial charge on any atom is 0.0950 e. The van der Waals surface area contributed by atoms with Crippen LogP contribution in [0.5, 0.6) is 0 Å². The largest absolute Gasteiger partial charge is 0.472 e. The summed E-state index contributed by atoms with van der Waals surface area (Å²) >= 11 is 0. The highest BCUT2D eigenvalue weighted by atomic mass is 16.5. The molecule has 1 aromatic rings. The SMILES string of the molecule is CCOCCC(NC)c1ccoc1. The molecule has 0 fully saturated rings. The molecule has 1 unspecified atom stereocenters. The van der Waals surface area contributed by atoms with Gasteiger partial charge in [-0.2, -0.15) is 0 Å². The first-order chi connectivity index (χ1) is 6.38. The molecule has 13 heavy (non-hydrogen) atoms. The smallest absolute Gasteiger partial charge is 0.0950 e. The van der Waals surface area contributed by atoms with E-state index < -0.39 is 0 Å². The molecule has 0 aliphatic heterocycles. The summed E-state index contributed by atoms with van der Waals surface area (Å²) in [5.41, 5.74) is 1.18. The van der Waals surface area contributed by atoms with Gasteiger partial charge in [-0.05, 0) is 26.5 Å². The van der Waals surface area contributed by atoms with Crippen molar-refractivity contribution in [3.63, 3.8) is 0 Å². The monoisotopic (exact) mass is 183 g/mol. The Labute approximate surface area is 79.1 Å². The van der Waals surface area contributed by atoms with Gasteiger partial charge in [0.1, 0.15) is 0 Å². The van der Waals surface area contributed by atoms with Crippen molar-refractivity contribution >= 4 is 0 Å². The average Bonchev–Trinajstić information content (AvgIpc) is 2.65. The Kier molecular flexibility index (Phi) is 4.57. The molecule has 0 spiro atoms. The van der Waals surface area contributed by atoms with Gasteiger partial charge in [0.15, 0.2) is 0 Å². The van der Waals surface area contributed by atoms with Crippen molar-refractivity contribution in [2.45, 2.75) is 19.4 Å². The second-order valence-corrected chi connectivity index (χ2v) is 2.88. The lowest BCUT2D eigenvalue weighted by Gasteiger charge is -2.13. The maximum absolute atomic E-state index is 5.29. The van der Waals surface area contributed by atoms with Gasteiger partial charge in [-0.25, -0.2) is 0 Å². The average molecular weight is 183 g/mol. The molecule has 0 aliphatic rings. The zero-order valence-corrected chi connectivity index (χ0v) is 8.25. The molecule has 1 aromatic heterocycles. The van der Waals surface area contributed by atoms with Crippen LogP contribution in [0.15, 0.2) is 23.0 Å². The fraction of sp³-hybridized carbons (Fsp3) is 0.600. The second kappa shape index (κ2) is 5.78. The van der Waals surface area contributed by atoms with Gasteiger partial charge in [-0.3, -0.25) is 0 Å². The van der Waals surface area contributed by atoms with E-state index in [1.165, 1.54) is 5.56 Å². The standard InChI is InChI=1S/C10H17NO2/c1-3-12-7-5-10(11-2)9-4-6-13-8-9/h4,6,8,10-11H,3,5,7H2,1-2H3. The zero-order chi connectivity index (χ0) is 9.52. The van der Waals surface area contributed by atoms with E-state index in [1.54, 1.807) is 12.5 Å². The van der Waals surface area contributed by atoms with Crippen LogP contribution in [0.3, 0.4) is 0 Å². The van der Waals surface area contributed by atoms with Gasteiger partial charge in [0.05, 0.1) is 12.5 Å². The maximum atomic E-state index is 5.29. The van der Waals surface area contributed by atoms with Crippen LogP contribution >= 0.6 is 0 Å². The van der Waals surface area contributed by atoms with Gasteiger partial charge in [0, 0.05) is 24.8 Å². The Morgan fingerprint density at radius 1 is 1.62 bits per heavy atom. The highest BCUT2D eigenvalue weighted by Gasteiger charge is 2.09. The van der Waals surface area contributed by atoms with E-state index in [0.29, 0.717) is 6.04 Å². The van der Waals surface area contributed by atoms with Crippen molar-refractivity contribution in [3.8, 4) is 0 Å². The van der Waals surface area contributed by atoms with Gasteiger partial charge in [0.2, 0.25) is 0 Å². The first-order valence-electron chi connectivity index (χ1n) is 4.65. The molecule has 0 radical (unpaired) electrons. The minimum absolute atomic E-state index is 0.338. The third-order valence-electron chi connectivity index (χ3n) is 2.05. The normalized spacial score (nSPS) is 13.1. The molecular weight excluding hydrogens is 166 g/mol. The van der Waals surface area contributed by atoms with Crippen LogP contribution in [0.25, 0.3) is 0 Å². The highest BCUT2D eigenvalue weighted by molar-refractivity contribution is 5.11. The van der Waals surface area contributed by atoms with Crippen molar-refractivity contribution < 1.29 is 9.15 Å². The summed E-state index contributed by atoms with van der Waals surface area (Å²) in [6.45, 7) is 3.57. The first-order valence-corrected chi connectivity index (χ1v) is 4.65. The van der Waals surface area contributed by atoms with E-state index in [1.807, 2.05) is 20.0 Å². The minimum atomic E-state index is 0.338. The molecule has 3 nitrogen and oxygen atoms in total. The van der Waals surface area contributed by atoms with Crippen molar-refractivity contribution in [2.75, 3.05) is 20.3 Å². The van der Waals surface area contributed by atoms with Crippen LogP contribution in [-0.2, 0) is 4.74 Å². The molecule has 1 heterocycles. The fourth-order valence-corrected chi connectivity index (χ4v) is 1.30. The van der Waals surface area contributed by atoms with Crippen molar-refractivity contribution in [3.05, 3.63) is 24.2 Å². The van der Waals surface area contributed by atoms with Gasteiger partial charge in [-0.15, -0.1) is 0 Å². The van der Waals surface area contributed by atoms with Gasteiger partial charge in [-0.1, -0.05) is 0 Å². The second-order valence-electron chi connectivity index (χ2n) is 2.88. The lowest BCUT2D eigenvalue weighted by atomic mass is 10.1. The van der Waals surface area contributed by atoms with Gasteiger partial charge < -0.3 is 14.5 Å². The van der Waals surface area contributed by atoms with E-state index in [9.17, 15) is 0 Å². The Hall–Kier alpha value is -0.800. The van der Waals surface area contributed by atoms with E-state index in [-0.39, 0.29) is 0 Å². The van der Waals surface area contributed by atoms with E-state index in [2.05, 4.69) is 5.32 Å². The molecule has 74 valence electrons. The Bertz CT molecular complexity index is 209.